The Hall–Kier alpha value is -3.67. The number of carbonyl (C=O) groups is 2. The summed E-state index contributed by atoms with van der Waals surface area (Å²) in [4.78, 5) is 33.3. The molecule has 0 radical (unpaired) electrons. The van der Waals surface area contributed by atoms with Crippen molar-refractivity contribution in [2.75, 3.05) is 23.7 Å². The van der Waals surface area contributed by atoms with Gasteiger partial charge in [0.25, 0.3) is 5.91 Å². The van der Waals surface area contributed by atoms with Crippen LogP contribution in [0.4, 0.5) is 11.4 Å². The van der Waals surface area contributed by atoms with Gasteiger partial charge in [-0.15, -0.1) is 21.5 Å². The SMILES string of the molecule is Cc1ncc(NC(=O)CCN2CCCC2(C)C)cc1NC(=O)c1nnc2cc(-c3ccsc3CO)ccn12. The summed E-state index contributed by atoms with van der Waals surface area (Å²) in [5.41, 5.74) is 4.07. The fourth-order valence-corrected chi connectivity index (χ4v) is 5.63. The Morgan fingerprint density at radius 2 is 2.03 bits per heavy atom. The number of aliphatic hydroxyl groups excluding tert-OH is 1. The van der Waals surface area contributed by atoms with Crippen LogP contribution in [0.5, 0.6) is 0 Å². The second-order valence-electron chi connectivity index (χ2n) is 10.1. The maximum Gasteiger partial charge on any atom is 0.294 e. The number of fused-ring (bicyclic) bond motifs is 1. The van der Waals surface area contributed by atoms with Crippen molar-refractivity contribution >= 4 is 40.2 Å². The number of thiophene rings is 1. The van der Waals surface area contributed by atoms with Gasteiger partial charge in [-0.2, -0.15) is 0 Å². The first kappa shape index (κ1) is 26.0. The second kappa shape index (κ2) is 10.6. The fourth-order valence-electron chi connectivity index (χ4n) is 4.88. The van der Waals surface area contributed by atoms with Gasteiger partial charge < -0.3 is 15.7 Å². The Balaban J connectivity index is 1.27. The van der Waals surface area contributed by atoms with Crippen molar-refractivity contribution in [2.45, 2.75) is 52.2 Å². The van der Waals surface area contributed by atoms with E-state index >= 15 is 0 Å². The van der Waals surface area contributed by atoms with Crippen molar-refractivity contribution in [2.24, 2.45) is 0 Å². The van der Waals surface area contributed by atoms with E-state index in [2.05, 4.69) is 44.6 Å². The van der Waals surface area contributed by atoms with Gasteiger partial charge in [-0.05, 0) is 80.9 Å². The van der Waals surface area contributed by atoms with Gasteiger partial charge in [-0.3, -0.25) is 23.9 Å². The molecule has 11 heteroatoms. The van der Waals surface area contributed by atoms with E-state index in [9.17, 15) is 14.7 Å². The minimum absolute atomic E-state index is 0.0396. The van der Waals surface area contributed by atoms with Crippen LogP contribution in [0.15, 0.2) is 42.0 Å². The number of hydrogen-bond donors (Lipinski definition) is 3. The summed E-state index contributed by atoms with van der Waals surface area (Å²) in [6, 6.07) is 7.34. The Bertz CT molecular complexity index is 1490. The minimum Gasteiger partial charge on any atom is -0.391 e. The van der Waals surface area contributed by atoms with Gasteiger partial charge in [0.05, 0.1) is 29.9 Å². The molecule has 0 saturated carbocycles. The van der Waals surface area contributed by atoms with Crippen molar-refractivity contribution in [1.82, 2.24) is 24.5 Å². The summed E-state index contributed by atoms with van der Waals surface area (Å²) in [6.07, 6.45) is 6.00. The van der Waals surface area contributed by atoms with Gasteiger partial charge in [0.15, 0.2) is 5.65 Å². The molecule has 38 heavy (non-hydrogen) atoms. The molecule has 5 heterocycles. The molecule has 0 aromatic carbocycles. The smallest absolute Gasteiger partial charge is 0.294 e. The molecule has 0 aliphatic carbocycles. The summed E-state index contributed by atoms with van der Waals surface area (Å²) >= 11 is 1.48. The van der Waals surface area contributed by atoms with E-state index in [1.807, 2.05) is 23.6 Å². The Kier molecular flexibility index (Phi) is 7.24. The minimum atomic E-state index is -0.443. The standard InChI is InChI=1S/C27H31N7O3S/c1-17-21(14-19(15-28-17)29-24(36)6-10-33-9-4-8-27(33,2)3)30-26(37)25-32-31-23-13-18(5-11-34(23)25)20-7-12-38-22(20)16-35/h5,7,11-15,35H,4,6,8-10,16H2,1-3H3,(H,29,36)(H,30,37). The van der Waals surface area contributed by atoms with Crippen LogP contribution in [0.1, 0.15) is 54.3 Å². The van der Waals surface area contributed by atoms with Crippen LogP contribution in [0.3, 0.4) is 0 Å². The van der Waals surface area contributed by atoms with Crippen LogP contribution < -0.4 is 10.6 Å². The summed E-state index contributed by atoms with van der Waals surface area (Å²) in [5, 5.41) is 25.5. The molecule has 0 unspecified atom stereocenters. The molecule has 3 N–H and O–H groups in total. The molecule has 4 aromatic rings. The average molecular weight is 534 g/mol. The molecule has 1 aliphatic heterocycles. The van der Waals surface area contributed by atoms with Gasteiger partial charge in [-0.1, -0.05) is 0 Å². The number of nitrogens with zero attached hydrogens (tertiary/aromatic N) is 5. The highest BCUT2D eigenvalue weighted by Gasteiger charge is 2.31. The monoisotopic (exact) mass is 533 g/mol. The first-order valence-corrected chi connectivity index (χ1v) is 13.5. The van der Waals surface area contributed by atoms with Crippen LogP contribution in [0.2, 0.25) is 0 Å². The number of nitrogens with one attached hydrogen (secondary N) is 2. The number of aliphatic hydroxyl groups is 1. The van der Waals surface area contributed by atoms with Crippen molar-refractivity contribution in [3.05, 3.63) is 58.4 Å². The predicted octanol–water partition coefficient (Wildman–Crippen LogP) is 4.11. The number of aromatic nitrogens is 4. The zero-order valence-corrected chi connectivity index (χ0v) is 22.5. The molecule has 0 spiro atoms. The largest absolute Gasteiger partial charge is 0.391 e. The third-order valence-electron chi connectivity index (χ3n) is 7.11. The van der Waals surface area contributed by atoms with Crippen LogP contribution in [0, 0.1) is 6.92 Å². The molecule has 1 fully saturated rings. The molecular weight excluding hydrogens is 502 g/mol. The average Bonchev–Trinajstić information content (AvgIpc) is 3.62. The fraction of sp³-hybridized carbons (Fsp3) is 0.370. The molecule has 0 atom stereocenters. The molecule has 1 aliphatic rings. The lowest BCUT2D eigenvalue weighted by molar-refractivity contribution is -0.116. The molecule has 2 amide bonds. The van der Waals surface area contributed by atoms with Crippen LogP contribution in [0.25, 0.3) is 16.8 Å². The Morgan fingerprint density at radius 3 is 2.79 bits per heavy atom. The van der Waals surface area contributed by atoms with Crippen molar-refractivity contribution < 1.29 is 14.7 Å². The van der Waals surface area contributed by atoms with Gasteiger partial charge >= 0.3 is 0 Å². The van der Waals surface area contributed by atoms with Crippen molar-refractivity contribution in [1.29, 1.82) is 0 Å². The highest BCUT2D eigenvalue weighted by molar-refractivity contribution is 7.10. The second-order valence-corrected chi connectivity index (χ2v) is 11.1. The highest BCUT2D eigenvalue weighted by atomic mass is 32.1. The number of amides is 2. The van der Waals surface area contributed by atoms with E-state index < -0.39 is 5.91 Å². The van der Waals surface area contributed by atoms with Gasteiger partial charge in [0.1, 0.15) is 0 Å². The number of likely N-dealkylation sites (tertiary alicyclic amines) is 1. The Morgan fingerprint density at radius 1 is 1.18 bits per heavy atom. The third-order valence-corrected chi connectivity index (χ3v) is 8.02. The highest BCUT2D eigenvalue weighted by Crippen LogP contribution is 2.30. The lowest BCUT2D eigenvalue weighted by atomic mass is 10.0. The van der Waals surface area contributed by atoms with E-state index in [1.165, 1.54) is 11.3 Å². The maximum atomic E-state index is 13.1. The van der Waals surface area contributed by atoms with Gasteiger partial charge in [0, 0.05) is 29.6 Å². The quantitative estimate of drug-likeness (QED) is 0.311. The van der Waals surface area contributed by atoms with Crippen LogP contribution in [-0.2, 0) is 11.4 Å². The summed E-state index contributed by atoms with van der Waals surface area (Å²) in [5.74, 6) is -0.410. The molecule has 5 rings (SSSR count). The molecule has 0 bridgehead atoms. The van der Waals surface area contributed by atoms with Crippen molar-refractivity contribution in [3.63, 3.8) is 0 Å². The van der Waals surface area contributed by atoms with E-state index in [0.717, 1.165) is 35.4 Å². The third kappa shape index (κ3) is 5.31. The summed E-state index contributed by atoms with van der Waals surface area (Å²) in [7, 11) is 0. The van der Waals surface area contributed by atoms with Crippen molar-refractivity contribution in [3.8, 4) is 11.1 Å². The lowest BCUT2D eigenvalue weighted by Crippen LogP contribution is -2.39. The van der Waals surface area contributed by atoms with Crippen LogP contribution >= 0.6 is 11.3 Å². The number of pyridine rings is 2. The topological polar surface area (TPSA) is 125 Å². The van der Waals surface area contributed by atoms with E-state index in [-0.39, 0.29) is 23.9 Å². The summed E-state index contributed by atoms with van der Waals surface area (Å²) in [6.45, 7) is 7.89. The number of anilines is 2. The summed E-state index contributed by atoms with van der Waals surface area (Å²) < 4.78 is 1.61. The van der Waals surface area contributed by atoms with E-state index in [1.54, 1.807) is 29.8 Å². The predicted molar refractivity (Wildman–Crippen MR) is 147 cm³/mol. The maximum absolute atomic E-state index is 13.1. The molecule has 198 valence electrons. The number of rotatable bonds is 8. The van der Waals surface area contributed by atoms with E-state index in [4.69, 9.17) is 0 Å². The first-order chi connectivity index (χ1) is 18.2. The lowest BCUT2D eigenvalue weighted by Gasteiger charge is -2.31. The zero-order valence-electron chi connectivity index (χ0n) is 21.7. The normalized spacial score (nSPS) is 15.2. The van der Waals surface area contributed by atoms with E-state index in [0.29, 0.717) is 35.7 Å². The Labute approximate surface area is 224 Å². The number of aryl methyl sites for hydroxylation is 1. The van der Waals surface area contributed by atoms with Gasteiger partial charge in [0.2, 0.25) is 11.7 Å². The molecule has 4 aromatic heterocycles. The molecular formula is C27H31N7O3S. The zero-order chi connectivity index (χ0) is 26.9. The molecule has 1 saturated heterocycles. The molecule has 10 nitrogen and oxygen atoms in total. The van der Waals surface area contributed by atoms with Crippen LogP contribution in [-0.4, -0.2) is 60.0 Å². The van der Waals surface area contributed by atoms with Gasteiger partial charge in [-0.25, -0.2) is 0 Å². The number of hydrogen-bond acceptors (Lipinski definition) is 8. The number of carbonyl (C=O) groups excluding carboxylic acids is 2. The first-order valence-electron chi connectivity index (χ1n) is 12.6.